The Morgan fingerprint density at radius 2 is 1.05 bits per heavy atom. The summed E-state index contributed by atoms with van der Waals surface area (Å²) in [5, 5.41) is 2.66. The third kappa shape index (κ3) is 3.21. The maximum Gasteiger partial charge on any atom is 0.0632 e. The van der Waals surface area contributed by atoms with E-state index in [1.807, 2.05) is 6.07 Å². The molecule has 0 saturated carbocycles. The van der Waals surface area contributed by atoms with Crippen molar-refractivity contribution < 1.29 is 0 Å². The van der Waals surface area contributed by atoms with Crippen molar-refractivity contribution in [2.24, 2.45) is 4.74 Å². The average molecular weight is 305 g/mol. The van der Waals surface area contributed by atoms with Crippen molar-refractivity contribution in [1.82, 2.24) is 0 Å². The summed E-state index contributed by atoms with van der Waals surface area (Å²) in [6, 6.07) is 31.9. The highest BCUT2D eigenvalue weighted by molar-refractivity contribution is 7.80. The van der Waals surface area contributed by atoms with Crippen LogP contribution in [0.4, 0.5) is 0 Å². The van der Waals surface area contributed by atoms with Crippen LogP contribution in [0.15, 0.2) is 95.7 Å². The van der Waals surface area contributed by atoms with E-state index in [0.29, 0.717) is 0 Å². The number of benzene rings is 3. The third-order valence-corrected chi connectivity index (χ3v) is 7.21. The molecule has 0 aliphatic rings. The van der Waals surface area contributed by atoms with E-state index in [-0.39, 0.29) is 0 Å². The van der Waals surface area contributed by atoms with Gasteiger partial charge in [-0.05, 0) is 22.8 Å². The summed E-state index contributed by atoms with van der Waals surface area (Å²) in [4.78, 5) is 0. The van der Waals surface area contributed by atoms with E-state index < -0.39 is 7.05 Å². The summed E-state index contributed by atoms with van der Waals surface area (Å²) in [6.45, 7) is 3.06. The van der Waals surface area contributed by atoms with Crippen molar-refractivity contribution in [1.29, 1.82) is 0 Å². The minimum Gasteiger partial charge on any atom is -0.290 e. The van der Waals surface area contributed by atoms with Gasteiger partial charge < -0.3 is 0 Å². The fourth-order valence-corrected chi connectivity index (χ4v) is 5.13. The van der Waals surface area contributed by atoms with E-state index in [9.17, 15) is 0 Å². The molecule has 0 fully saturated rings. The monoisotopic (exact) mass is 305 g/mol. The Morgan fingerprint density at radius 1 is 0.636 bits per heavy atom. The molecule has 0 spiro atoms. The van der Waals surface area contributed by atoms with Gasteiger partial charge in [0.2, 0.25) is 0 Å². The molecule has 22 heavy (non-hydrogen) atoms. The highest BCUT2D eigenvalue weighted by Gasteiger charge is 2.17. The van der Waals surface area contributed by atoms with Crippen molar-refractivity contribution in [2.45, 2.75) is 6.54 Å². The Kier molecular flexibility index (Phi) is 4.56. The molecule has 3 aromatic carbocycles. The van der Waals surface area contributed by atoms with Gasteiger partial charge in [-0.25, -0.2) is 0 Å². The summed E-state index contributed by atoms with van der Waals surface area (Å²) in [5.74, 6) is 0. The van der Waals surface area contributed by atoms with Crippen LogP contribution in [-0.2, 0) is 6.54 Å². The maximum absolute atomic E-state index is 5.18. The van der Waals surface area contributed by atoms with Gasteiger partial charge in [-0.1, -0.05) is 91.0 Å². The minimum absolute atomic E-state index is 0.759. The third-order valence-electron chi connectivity index (χ3n) is 3.90. The van der Waals surface area contributed by atoms with E-state index in [0.717, 1.165) is 6.54 Å². The lowest BCUT2D eigenvalue weighted by Crippen LogP contribution is -2.15. The smallest absolute Gasteiger partial charge is 0.0632 e. The molecule has 0 saturated heterocycles. The molecule has 0 unspecified atom stereocenters. The summed E-state index contributed by atoms with van der Waals surface area (Å²) < 4.78 is 5.18. The molecule has 3 rings (SSSR count). The van der Waals surface area contributed by atoms with E-state index >= 15 is 0 Å². The van der Waals surface area contributed by atoms with Gasteiger partial charge in [0.05, 0.1) is 6.54 Å². The normalized spacial score (nSPS) is 11.1. The topological polar surface area (TPSA) is 12.4 Å². The summed E-state index contributed by atoms with van der Waals surface area (Å²) in [7, 11) is -1.71. The Bertz CT molecular complexity index is 721. The van der Waals surface area contributed by atoms with Crippen LogP contribution >= 0.6 is 7.05 Å². The lowest BCUT2D eigenvalue weighted by molar-refractivity contribution is 1.09. The quantitative estimate of drug-likeness (QED) is 0.621. The Hall–Kier alpha value is -2.11. The molecule has 3 aromatic rings. The van der Waals surface area contributed by atoms with Crippen LogP contribution in [0, 0.1) is 0 Å². The van der Waals surface area contributed by atoms with Crippen molar-refractivity contribution in [2.75, 3.05) is 6.66 Å². The average Bonchev–Trinajstić information content (AvgIpc) is 2.62. The molecule has 0 aliphatic carbocycles. The number of nitrogens with zero attached hydrogens (tertiary/aromatic N) is 1. The zero-order valence-corrected chi connectivity index (χ0v) is 13.7. The zero-order chi connectivity index (χ0) is 15.3. The van der Waals surface area contributed by atoms with Crippen molar-refractivity contribution in [3.05, 3.63) is 96.6 Å². The molecule has 0 aliphatic heterocycles. The first-order chi connectivity index (χ1) is 10.8. The second-order valence-electron chi connectivity index (χ2n) is 5.42. The molecule has 0 amide bonds. The highest BCUT2D eigenvalue weighted by Crippen LogP contribution is 2.43. The summed E-state index contributed by atoms with van der Waals surface area (Å²) in [5.41, 5.74) is 1.26. The van der Waals surface area contributed by atoms with Gasteiger partial charge in [0, 0.05) is 7.05 Å². The molecule has 0 aromatic heterocycles. The second-order valence-corrected chi connectivity index (χ2v) is 8.65. The fraction of sp³-hybridized carbons (Fsp3) is 0.100. The first-order valence-corrected chi connectivity index (χ1v) is 9.69. The zero-order valence-electron chi connectivity index (χ0n) is 12.8. The number of rotatable bonds is 4. The van der Waals surface area contributed by atoms with Crippen molar-refractivity contribution in [3.63, 3.8) is 0 Å². The largest absolute Gasteiger partial charge is 0.290 e. The molecule has 0 atom stereocenters. The Morgan fingerprint density at radius 3 is 1.50 bits per heavy atom. The van der Waals surface area contributed by atoms with Gasteiger partial charge in [-0.3, -0.25) is 4.74 Å². The van der Waals surface area contributed by atoms with Crippen LogP contribution < -0.4 is 10.6 Å². The Labute approximate surface area is 132 Å². The van der Waals surface area contributed by atoms with Gasteiger partial charge in [-0.2, -0.15) is 0 Å². The molecule has 0 radical (unpaired) electrons. The van der Waals surface area contributed by atoms with Crippen LogP contribution in [-0.4, -0.2) is 6.66 Å². The first-order valence-electron chi connectivity index (χ1n) is 7.50. The SMILES string of the molecule is CP(=NCc1ccccc1)(c1ccccc1)c1ccccc1. The molecule has 110 valence electrons. The van der Waals surface area contributed by atoms with E-state index in [1.165, 1.54) is 16.2 Å². The standard InChI is InChI=1S/C20H20NP/c1-22(19-13-7-3-8-14-19,20-15-9-4-10-16-20)21-17-18-11-5-2-6-12-18/h2-16H,17H2,1H3. The number of hydrogen-bond donors (Lipinski definition) is 0. The molecular formula is C20H20NP. The molecular weight excluding hydrogens is 285 g/mol. The van der Waals surface area contributed by atoms with E-state index in [4.69, 9.17) is 4.74 Å². The summed E-state index contributed by atoms with van der Waals surface area (Å²) >= 11 is 0. The van der Waals surface area contributed by atoms with E-state index in [1.54, 1.807) is 0 Å². The van der Waals surface area contributed by atoms with Gasteiger partial charge in [0.1, 0.15) is 0 Å². The van der Waals surface area contributed by atoms with Crippen LogP contribution in [0.2, 0.25) is 0 Å². The predicted molar refractivity (Wildman–Crippen MR) is 97.6 cm³/mol. The van der Waals surface area contributed by atoms with Crippen LogP contribution in [0.25, 0.3) is 0 Å². The highest BCUT2D eigenvalue weighted by atomic mass is 31.2. The van der Waals surface area contributed by atoms with Gasteiger partial charge in [0.15, 0.2) is 0 Å². The van der Waals surface area contributed by atoms with Crippen LogP contribution in [0.3, 0.4) is 0 Å². The van der Waals surface area contributed by atoms with Crippen molar-refractivity contribution in [3.8, 4) is 0 Å². The molecule has 0 bridgehead atoms. The second kappa shape index (κ2) is 6.77. The van der Waals surface area contributed by atoms with Crippen LogP contribution in [0.5, 0.6) is 0 Å². The Balaban J connectivity index is 2.08. The molecule has 1 nitrogen and oxygen atoms in total. The lowest BCUT2D eigenvalue weighted by Gasteiger charge is -2.21. The van der Waals surface area contributed by atoms with E-state index in [2.05, 4.69) is 91.6 Å². The lowest BCUT2D eigenvalue weighted by atomic mass is 10.2. The van der Waals surface area contributed by atoms with Crippen LogP contribution in [0.1, 0.15) is 5.56 Å². The fourth-order valence-electron chi connectivity index (χ4n) is 2.56. The first kappa shape index (κ1) is 14.8. The number of hydrogen-bond acceptors (Lipinski definition) is 1. The maximum atomic E-state index is 5.18. The van der Waals surface area contributed by atoms with Gasteiger partial charge in [-0.15, -0.1) is 0 Å². The molecule has 0 N–H and O–H groups in total. The van der Waals surface area contributed by atoms with Gasteiger partial charge in [0.25, 0.3) is 0 Å². The molecule has 2 heteroatoms. The van der Waals surface area contributed by atoms with Gasteiger partial charge >= 0.3 is 0 Å². The minimum atomic E-state index is -1.71. The summed E-state index contributed by atoms with van der Waals surface area (Å²) in [6.07, 6.45) is 0. The predicted octanol–water partition coefficient (Wildman–Crippen LogP) is 4.67. The van der Waals surface area contributed by atoms with Crippen molar-refractivity contribution >= 4 is 17.7 Å². The molecule has 0 heterocycles.